The maximum Gasteiger partial charge on any atom is 0.0783 e. The normalized spacial score (nSPS) is 11.1. The van der Waals surface area contributed by atoms with Crippen molar-refractivity contribution < 1.29 is 0 Å². The smallest absolute Gasteiger partial charge is 0.0783 e. The Morgan fingerprint density at radius 2 is 1.94 bits per heavy atom. The Labute approximate surface area is 108 Å². The first kappa shape index (κ1) is 12.8. The molecule has 0 unspecified atom stereocenters. The molecule has 0 saturated heterocycles. The van der Waals surface area contributed by atoms with Crippen LogP contribution in [0.2, 0.25) is 0 Å². The summed E-state index contributed by atoms with van der Waals surface area (Å²) in [6.07, 6.45) is 1.80. The average Bonchev–Trinajstić information content (AvgIpc) is 2.84. The van der Waals surface area contributed by atoms with Crippen molar-refractivity contribution in [2.75, 3.05) is 6.54 Å². The zero-order chi connectivity index (χ0) is 13.0. The number of hydrogen-bond donors (Lipinski definition) is 1. The molecule has 0 fully saturated rings. The molecule has 0 radical (unpaired) electrons. The molecule has 0 aliphatic rings. The van der Waals surface area contributed by atoms with Crippen LogP contribution in [0, 0.1) is 0 Å². The van der Waals surface area contributed by atoms with Gasteiger partial charge in [-0.2, -0.15) is 0 Å². The summed E-state index contributed by atoms with van der Waals surface area (Å²) < 4.78 is 1.88. The van der Waals surface area contributed by atoms with Crippen molar-refractivity contribution in [2.24, 2.45) is 0 Å². The second-order valence-corrected chi connectivity index (χ2v) is 4.66. The number of aromatic nitrogens is 3. The van der Waals surface area contributed by atoms with Crippen LogP contribution in [0.1, 0.15) is 37.9 Å². The molecule has 0 spiro atoms. The molecule has 4 nitrogen and oxygen atoms in total. The molecule has 0 bridgehead atoms. The Balaban J connectivity index is 2.23. The molecule has 18 heavy (non-hydrogen) atoms. The highest BCUT2D eigenvalue weighted by molar-refractivity contribution is 5.35. The van der Waals surface area contributed by atoms with E-state index in [2.05, 4.69) is 60.7 Å². The third-order valence-corrected chi connectivity index (χ3v) is 2.98. The molecule has 4 heteroatoms. The van der Waals surface area contributed by atoms with Gasteiger partial charge in [-0.1, -0.05) is 38.1 Å². The predicted molar refractivity (Wildman–Crippen MR) is 72.8 cm³/mol. The molecular weight excluding hydrogens is 224 g/mol. The summed E-state index contributed by atoms with van der Waals surface area (Å²) in [5, 5.41) is 11.4. The first-order chi connectivity index (χ1) is 8.72. The maximum absolute atomic E-state index is 4.14. The summed E-state index contributed by atoms with van der Waals surface area (Å²) in [6.45, 7) is 8.21. The van der Waals surface area contributed by atoms with Gasteiger partial charge in [0.2, 0.25) is 0 Å². The van der Waals surface area contributed by atoms with E-state index in [0.29, 0.717) is 5.92 Å². The summed E-state index contributed by atoms with van der Waals surface area (Å²) in [5.41, 5.74) is 3.48. The lowest BCUT2D eigenvalue weighted by Crippen LogP contribution is -2.15. The van der Waals surface area contributed by atoms with Gasteiger partial charge in [-0.15, -0.1) is 5.10 Å². The Hall–Kier alpha value is -1.68. The molecule has 1 aromatic heterocycles. The van der Waals surface area contributed by atoms with Crippen LogP contribution < -0.4 is 5.32 Å². The van der Waals surface area contributed by atoms with Crippen LogP contribution >= 0.6 is 0 Å². The molecule has 2 rings (SSSR count). The Bertz CT molecular complexity index is 485. The summed E-state index contributed by atoms with van der Waals surface area (Å²) in [4.78, 5) is 0. The first-order valence-corrected chi connectivity index (χ1v) is 6.43. The molecule has 0 atom stereocenters. The summed E-state index contributed by atoms with van der Waals surface area (Å²) in [5.74, 6) is 0.552. The van der Waals surface area contributed by atoms with Crippen LogP contribution in [0.15, 0.2) is 30.5 Å². The highest BCUT2D eigenvalue weighted by Crippen LogP contribution is 2.17. The van der Waals surface area contributed by atoms with E-state index in [1.54, 1.807) is 6.20 Å². The van der Waals surface area contributed by atoms with Crippen LogP contribution in [0.5, 0.6) is 0 Å². The van der Waals surface area contributed by atoms with Crippen LogP contribution in [0.4, 0.5) is 0 Å². The van der Waals surface area contributed by atoms with Crippen molar-refractivity contribution in [3.63, 3.8) is 0 Å². The minimum atomic E-state index is 0.552. The molecule has 1 heterocycles. The van der Waals surface area contributed by atoms with Crippen molar-refractivity contribution in [1.29, 1.82) is 0 Å². The summed E-state index contributed by atoms with van der Waals surface area (Å²) in [7, 11) is 0. The SMILES string of the molecule is CCNCc1cnnn1-c1ccc(C(C)C)cc1. The van der Waals surface area contributed by atoms with Crippen LogP contribution in [0.3, 0.4) is 0 Å². The van der Waals surface area contributed by atoms with Gasteiger partial charge < -0.3 is 5.32 Å². The third-order valence-electron chi connectivity index (χ3n) is 2.98. The molecular formula is C14H20N4. The second-order valence-electron chi connectivity index (χ2n) is 4.66. The van der Waals surface area contributed by atoms with E-state index >= 15 is 0 Å². The number of hydrogen-bond acceptors (Lipinski definition) is 3. The molecule has 0 aliphatic heterocycles. The van der Waals surface area contributed by atoms with Crippen molar-refractivity contribution >= 4 is 0 Å². The number of rotatable bonds is 5. The molecule has 0 aliphatic carbocycles. The lowest BCUT2D eigenvalue weighted by Gasteiger charge is -2.09. The Kier molecular flexibility index (Phi) is 4.10. The average molecular weight is 244 g/mol. The summed E-state index contributed by atoms with van der Waals surface area (Å²) >= 11 is 0. The van der Waals surface area contributed by atoms with Gasteiger partial charge in [-0.05, 0) is 30.2 Å². The van der Waals surface area contributed by atoms with Gasteiger partial charge in [0.1, 0.15) is 0 Å². The van der Waals surface area contributed by atoms with Gasteiger partial charge in [0, 0.05) is 6.54 Å². The van der Waals surface area contributed by atoms with E-state index in [0.717, 1.165) is 24.5 Å². The molecule has 96 valence electrons. The van der Waals surface area contributed by atoms with E-state index in [9.17, 15) is 0 Å². The second kappa shape index (κ2) is 5.78. The Morgan fingerprint density at radius 1 is 1.22 bits per heavy atom. The van der Waals surface area contributed by atoms with E-state index < -0.39 is 0 Å². The number of nitrogens with one attached hydrogen (secondary N) is 1. The number of nitrogens with zero attached hydrogens (tertiary/aromatic N) is 3. The monoisotopic (exact) mass is 244 g/mol. The fourth-order valence-electron chi connectivity index (χ4n) is 1.85. The van der Waals surface area contributed by atoms with Gasteiger partial charge in [-0.25, -0.2) is 4.68 Å². The highest BCUT2D eigenvalue weighted by Gasteiger charge is 2.06. The van der Waals surface area contributed by atoms with Crippen molar-refractivity contribution in [1.82, 2.24) is 20.3 Å². The standard InChI is InChI=1S/C14H20N4/c1-4-15-9-14-10-16-17-18(14)13-7-5-12(6-8-13)11(2)3/h5-8,10-11,15H,4,9H2,1-3H3. The topological polar surface area (TPSA) is 42.7 Å². The van der Waals surface area contributed by atoms with E-state index in [1.807, 2.05) is 4.68 Å². The van der Waals surface area contributed by atoms with Crippen molar-refractivity contribution in [3.05, 3.63) is 41.7 Å². The Morgan fingerprint density at radius 3 is 2.56 bits per heavy atom. The van der Waals surface area contributed by atoms with E-state index in [-0.39, 0.29) is 0 Å². The van der Waals surface area contributed by atoms with E-state index in [4.69, 9.17) is 0 Å². The van der Waals surface area contributed by atoms with Crippen LogP contribution in [0.25, 0.3) is 5.69 Å². The van der Waals surface area contributed by atoms with Gasteiger partial charge in [0.25, 0.3) is 0 Å². The largest absolute Gasteiger partial charge is 0.311 e. The maximum atomic E-state index is 4.14. The van der Waals surface area contributed by atoms with Gasteiger partial charge in [0.05, 0.1) is 17.6 Å². The lowest BCUT2D eigenvalue weighted by molar-refractivity contribution is 0.672. The lowest BCUT2D eigenvalue weighted by atomic mass is 10.0. The number of benzene rings is 1. The fraction of sp³-hybridized carbons (Fsp3) is 0.429. The van der Waals surface area contributed by atoms with Crippen molar-refractivity contribution in [2.45, 2.75) is 33.2 Å². The van der Waals surface area contributed by atoms with Gasteiger partial charge in [-0.3, -0.25) is 0 Å². The molecule has 2 aromatic rings. The molecule has 1 N–H and O–H groups in total. The molecule has 1 aromatic carbocycles. The van der Waals surface area contributed by atoms with E-state index in [1.165, 1.54) is 5.56 Å². The highest BCUT2D eigenvalue weighted by atomic mass is 15.4. The zero-order valence-electron chi connectivity index (χ0n) is 11.2. The quantitative estimate of drug-likeness (QED) is 0.878. The van der Waals surface area contributed by atoms with Gasteiger partial charge in [0.15, 0.2) is 0 Å². The van der Waals surface area contributed by atoms with Crippen LogP contribution in [-0.4, -0.2) is 21.5 Å². The predicted octanol–water partition coefficient (Wildman–Crippen LogP) is 2.50. The minimum Gasteiger partial charge on any atom is -0.311 e. The summed E-state index contributed by atoms with van der Waals surface area (Å²) in [6, 6.07) is 8.50. The van der Waals surface area contributed by atoms with Gasteiger partial charge >= 0.3 is 0 Å². The van der Waals surface area contributed by atoms with Crippen molar-refractivity contribution in [3.8, 4) is 5.69 Å². The first-order valence-electron chi connectivity index (χ1n) is 6.43. The minimum absolute atomic E-state index is 0.552. The zero-order valence-corrected chi connectivity index (χ0v) is 11.2. The molecule has 0 saturated carbocycles. The van der Waals surface area contributed by atoms with Crippen LogP contribution in [-0.2, 0) is 6.54 Å². The molecule has 0 amide bonds. The third kappa shape index (κ3) is 2.76. The fourth-order valence-corrected chi connectivity index (χ4v) is 1.85.